The summed E-state index contributed by atoms with van der Waals surface area (Å²) >= 11 is 0. The molecule has 3 fully saturated rings. The van der Waals surface area contributed by atoms with E-state index in [0.717, 1.165) is 38.5 Å². The van der Waals surface area contributed by atoms with Gasteiger partial charge in [0.1, 0.15) is 73.2 Å². The summed E-state index contributed by atoms with van der Waals surface area (Å²) in [6, 6.07) is -0.871. The Labute approximate surface area is 328 Å². The summed E-state index contributed by atoms with van der Waals surface area (Å²) in [5.74, 6) is -0.274. The molecule has 0 aromatic rings. The first-order chi connectivity index (χ1) is 26.8. The van der Waals surface area contributed by atoms with Gasteiger partial charge in [-0.15, -0.1) is 0 Å². The minimum Gasteiger partial charge on any atom is -0.394 e. The van der Waals surface area contributed by atoms with Gasteiger partial charge in [-0.05, 0) is 12.8 Å². The number of rotatable bonds is 25. The summed E-state index contributed by atoms with van der Waals surface area (Å²) in [7, 11) is 0. The van der Waals surface area contributed by atoms with E-state index >= 15 is 0 Å². The van der Waals surface area contributed by atoms with Gasteiger partial charge in [-0.25, -0.2) is 0 Å². The minimum atomic E-state index is -1.96. The van der Waals surface area contributed by atoms with Gasteiger partial charge in [0.2, 0.25) is 5.91 Å². The molecule has 1 amide bonds. The predicted molar refractivity (Wildman–Crippen MR) is 194 cm³/mol. The normalized spacial score (nSPS) is 37.6. The number of nitrogens with one attached hydrogen (secondary N) is 1. The largest absolute Gasteiger partial charge is 0.394 e. The SMILES string of the molecule is CCCCCCCCCCC(O)C(COC1OC(CO)C(OC2OC(CO)C(OC3OC(CO)C(O)C(O)C3O)C(O)C2O)C(O)C1O)NC(=O)CCCCC. The fourth-order valence-electron chi connectivity index (χ4n) is 7.13. The molecule has 17 atom stereocenters. The molecule has 3 saturated heterocycles. The summed E-state index contributed by atoms with van der Waals surface area (Å²) in [6.07, 6.45) is -14.8. The van der Waals surface area contributed by atoms with Gasteiger partial charge in [0, 0.05) is 6.42 Å². The number of hydrogen-bond acceptors (Lipinski definition) is 18. The maximum absolute atomic E-state index is 12.7. The molecule has 3 aliphatic rings. The van der Waals surface area contributed by atoms with E-state index in [9.17, 15) is 61.0 Å². The van der Waals surface area contributed by atoms with Gasteiger partial charge >= 0.3 is 0 Å². The number of carbonyl (C=O) groups excluding carboxylic acids is 1. The number of aliphatic hydroxyl groups is 11. The zero-order chi connectivity index (χ0) is 41.4. The van der Waals surface area contributed by atoms with Crippen molar-refractivity contribution >= 4 is 5.91 Å². The van der Waals surface area contributed by atoms with E-state index in [0.29, 0.717) is 12.8 Å². The fraction of sp³-hybridized carbons (Fsp3) is 0.973. The van der Waals surface area contributed by atoms with Crippen LogP contribution in [-0.4, -0.2) is 193 Å². The second-order valence-corrected chi connectivity index (χ2v) is 15.1. The first-order valence-electron chi connectivity index (χ1n) is 20.3. The Morgan fingerprint density at radius 2 is 1.02 bits per heavy atom. The van der Waals surface area contributed by atoms with Crippen molar-refractivity contribution < 1.29 is 89.4 Å². The lowest BCUT2D eigenvalue weighted by Crippen LogP contribution is -2.66. The van der Waals surface area contributed by atoms with Crippen molar-refractivity contribution in [3.8, 4) is 0 Å². The predicted octanol–water partition coefficient (Wildman–Crippen LogP) is -2.59. The van der Waals surface area contributed by atoms with E-state index in [1.54, 1.807) is 0 Å². The van der Waals surface area contributed by atoms with Gasteiger partial charge in [-0.1, -0.05) is 78.1 Å². The van der Waals surface area contributed by atoms with Crippen LogP contribution in [0, 0.1) is 0 Å². The van der Waals surface area contributed by atoms with Crippen LogP contribution >= 0.6 is 0 Å². The quantitative estimate of drug-likeness (QED) is 0.0421. The number of hydrogen-bond donors (Lipinski definition) is 12. The Balaban J connectivity index is 1.62. The molecular weight excluding hydrogens is 746 g/mol. The molecule has 0 aromatic carbocycles. The number of unbranched alkanes of at least 4 members (excludes halogenated alkanes) is 9. The van der Waals surface area contributed by atoms with Crippen LogP contribution in [0.25, 0.3) is 0 Å². The topological polar surface area (TPSA) is 307 Å². The van der Waals surface area contributed by atoms with Gasteiger partial charge < -0.3 is 89.9 Å². The number of ether oxygens (including phenoxy) is 6. The molecule has 17 unspecified atom stereocenters. The lowest BCUT2D eigenvalue weighted by Gasteiger charge is -2.48. The Bertz CT molecular complexity index is 1070. The molecule has 0 bridgehead atoms. The molecule has 19 nitrogen and oxygen atoms in total. The van der Waals surface area contributed by atoms with Gasteiger partial charge in [0.15, 0.2) is 18.9 Å². The average molecular weight is 816 g/mol. The second-order valence-electron chi connectivity index (χ2n) is 15.1. The van der Waals surface area contributed by atoms with Crippen LogP contribution in [0.2, 0.25) is 0 Å². The molecule has 3 heterocycles. The van der Waals surface area contributed by atoms with Gasteiger partial charge in [0.25, 0.3) is 0 Å². The van der Waals surface area contributed by atoms with E-state index in [4.69, 9.17) is 28.4 Å². The van der Waals surface area contributed by atoms with Crippen molar-refractivity contribution in [1.29, 1.82) is 0 Å². The highest BCUT2D eigenvalue weighted by Crippen LogP contribution is 2.33. The van der Waals surface area contributed by atoms with Crippen molar-refractivity contribution in [3.05, 3.63) is 0 Å². The third kappa shape index (κ3) is 13.9. The van der Waals surface area contributed by atoms with Crippen LogP contribution in [0.15, 0.2) is 0 Å². The van der Waals surface area contributed by atoms with Crippen LogP contribution in [0.1, 0.15) is 97.3 Å². The lowest BCUT2D eigenvalue weighted by molar-refractivity contribution is -0.379. The van der Waals surface area contributed by atoms with Crippen molar-refractivity contribution in [2.45, 2.75) is 202 Å². The molecule has 0 spiro atoms. The van der Waals surface area contributed by atoms with Crippen molar-refractivity contribution in [2.24, 2.45) is 0 Å². The molecule has 0 aliphatic carbocycles. The highest BCUT2D eigenvalue weighted by molar-refractivity contribution is 5.76. The first-order valence-corrected chi connectivity index (χ1v) is 20.3. The van der Waals surface area contributed by atoms with E-state index in [-0.39, 0.29) is 18.9 Å². The van der Waals surface area contributed by atoms with Crippen molar-refractivity contribution in [1.82, 2.24) is 5.32 Å². The maximum atomic E-state index is 12.7. The van der Waals surface area contributed by atoms with Gasteiger partial charge in [0.05, 0.1) is 38.6 Å². The fourth-order valence-corrected chi connectivity index (χ4v) is 7.13. The molecule has 0 saturated carbocycles. The molecule has 19 heteroatoms. The van der Waals surface area contributed by atoms with E-state index in [1.807, 2.05) is 6.92 Å². The van der Waals surface area contributed by atoms with Crippen LogP contribution in [-0.2, 0) is 33.2 Å². The summed E-state index contributed by atoms with van der Waals surface area (Å²) in [4.78, 5) is 12.7. The maximum Gasteiger partial charge on any atom is 0.220 e. The third-order valence-corrected chi connectivity index (χ3v) is 10.7. The van der Waals surface area contributed by atoms with Gasteiger partial charge in [-0.3, -0.25) is 4.79 Å². The molecule has 12 N–H and O–H groups in total. The van der Waals surface area contributed by atoms with Crippen molar-refractivity contribution in [2.75, 3.05) is 26.4 Å². The molecule has 0 radical (unpaired) electrons. The Kier molecular flexibility index (Phi) is 22.3. The summed E-state index contributed by atoms with van der Waals surface area (Å²) < 4.78 is 33.8. The minimum absolute atomic E-state index is 0.253. The van der Waals surface area contributed by atoms with E-state index in [1.165, 1.54) is 25.7 Å². The van der Waals surface area contributed by atoms with Crippen LogP contribution in [0.4, 0.5) is 0 Å². The summed E-state index contributed by atoms with van der Waals surface area (Å²) in [5.41, 5.74) is 0. The lowest BCUT2D eigenvalue weighted by atomic mass is 9.96. The van der Waals surface area contributed by atoms with Crippen LogP contribution in [0.5, 0.6) is 0 Å². The number of aliphatic hydroxyl groups excluding tert-OH is 11. The molecule has 3 rings (SSSR count). The van der Waals surface area contributed by atoms with Crippen LogP contribution in [0.3, 0.4) is 0 Å². The van der Waals surface area contributed by atoms with Crippen molar-refractivity contribution in [3.63, 3.8) is 0 Å². The highest BCUT2D eigenvalue weighted by atomic mass is 16.8. The van der Waals surface area contributed by atoms with Crippen LogP contribution < -0.4 is 5.32 Å². The molecule has 0 aromatic heterocycles. The molecular formula is C37H69NO18. The van der Waals surface area contributed by atoms with E-state index < -0.39 is 124 Å². The number of carbonyl (C=O) groups is 1. The molecule has 56 heavy (non-hydrogen) atoms. The monoisotopic (exact) mass is 815 g/mol. The Hall–Kier alpha value is -1.21. The van der Waals surface area contributed by atoms with Gasteiger partial charge in [-0.2, -0.15) is 0 Å². The summed E-state index contributed by atoms with van der Waals surface area (Å²) in [6.45, 7) is 1.48. The smallest absolute Gasteiger partial charge is 0.220 e. The second kappa shape index (κ2) is 25.4. The zero-order valence-electron chi connectivity index (χ0n) is 32.6. The summed E-state index contributed by atoms with van der Waals surface area (Å²) in [5, 5.41) is 118. The van der Waals surface area contributed by atoms with E-state index in [2.05, 4.69) is 12.2 Å². The molecule has 3 aliphatic heterocycles. The number of amides is 1. The third-order valence-electron chi connectivity index (χ3n) is 10.7. The zero-order valence-corrected chi connectivity index (χ0v) is 32.6. The Morgan fingerprint density at radius 3 is 1.55 bits per heavy atom. The standard InChI is InChI=1S/C37H69NO18/c1-3-5-7-8-9-10-11-13-14-21(42)20(38-25(43)15-12-6-4-2)19-51-35-31(49)28(46)33(23(17-40)53-35)56-37-32(50)29(47)34(24(18-41)54-37)55-36-30(48)27(45)26(44)22(16-39)52-36/h20-24,26-37,39-42,44-50H,3-19H2,1-2H3,(H,38,43). The average Bonchev–Trinajstić information content (AvgIpc) is 3.19. The Morgan fingerprint density at radius 1 is 0.571 bits per heavy atom. The highest BCUT2D eigenvalue weighted by Gasteiger charge is 2.53. The first kappa shape index (κ1) is 49.2. The molecule has 330 valence electrons.